The Morgan fingerprint density at radius 3 is 2.58 bits per heavy atom. The first-order chi connectivity index (χ1) is 18.5. The average molecular weight is 507 g/mol. The summed E-state index contributed by atoms with van der Waals surface area (Å²) < 4.78 is 7.66. The van der Waals surface area contributed by atoms with Gasteiger partial charge >= 0.3 is 0 Å². The van der Waals surface area contributed by atoms with Crippen molar-refractivity contribution in [2.45, 2.75) is 37.8 Å². The number of nitrogens with two attached hydrogens (primary N) is 1. The highest BCUT2D eigenvalue weighted by Gasteiger charge is 2.22. The Bertz CT molecular complexity index is 1650. The summed E-state index contributed by atoms with van der Waals surface area (Å²) >= 11 is 0. The molecule has 1 aliphatic carbocycles. The fraction of sp³-hybridized carbons (Fsp3) is 0.226. The van der Waals surface area contributed by atoms with Gasteiger partial charge in [0, 0.05) is 39.9 Å². The third-order valence-corrected chi connectivity index (χ3v) is 7.54. The second-order valence-corrected chi connectivity index (χ2v) is 9.91. The van der Waals surface area contributed by atoms with Crippen LogP contribution in [-0.2, 0) is 0 Å². The number of hydrogen-bond donors (Lipinski definition) is 3. The number of anilines is 1. The molecule has 4 N–H and O–H groups in total. The molecule has 0 unspecified atom stereocenters. The lowest BCUT2D eigenvalue weighted by molar-refractivity contribution is 0.100. The van der Waals surface area contributed by atoms with E-state index >= 15 is 0 Å². The second-order valence-electron chi connectivity index (χ2n) is 9.91. The Kier molecular flexibility index (Phi) is 6.21. The van der Waals surface area contributed by atoms with Crippen LogP contribution in [0.5, 0.6) is 5.75 Å². The van der Waals surface area contributed by atoms with E-state index in [1.165, 1.54) is 0 Å². The van der Waals surface area contributed by atoms with Gasteiger partial charge in [0.15, 0.2) is 0 Å². The van der Waals surface area contributed by atoms with Gasteiger partial charge in [0.2, 0.25) is 0 Å². The van der Waals surface area contributed by atoms with E-state index in [0.29, 0.717) is 11.3 Å². The number of fused-ring (bicyclic) bond motifs is 3. The normalized spacial score (nSPS) is 17.5. The van der Waals surface area contributed by atoms with Crippen LogP contribution in [0.25, 0.3) is 38.6 Å². The number of methoxy groups -OCH3 is 1. The van der Waals surface area contributed by atoms with Crippen molar-refractivity contribution in [3.8, 4) is 22.6 Å². The number of aliphatic hydroxyl groups is 1. The van der Waals surface area contributed by atoms with Crippen LogP contribution in [-0.4, -0.2) is 39.8 Å². The van der Waals surface area contributed by atoms with Gasteiger partial charge in [-0.3, -0.25) is 9.78 Å². The average Bonchev–Trinajstić information content (AvgIpc) is 3.29. The molecular weight excluding hydrogens is 476 g/mol. The van der Waals surface area contributed by atoms with Gasteiger partial charge in [0.1, 0.15) is 5.75 Å². The highest BCUT2D eigenvalue weighted by Crippen LogP contribution is 2.39. The third-order valence-electron chi connectivity index (χ3n) is 7.54. The first kappa shape index (κ1) is 24.0. The predicted molar refractivity (Wildman–Crippen MR) is 151 cm³/mol. The number of para-hydroxylation sites is 1. The van der Waals surface area contributed by atoms with E-state index in [1.54, 1.807) is 19.4 Å². The SMILES string of the molecule is COc1cncc(-c2cccc3c2c2ccccc2n3-c2ccc(C(N)=O)c(NC3CCC(O)CC3)c2)c1. The Balaban J connectivity index is 1.54. The monoisotopic (exact) mass is 506 g/mol. The number of primary amides is 1. The largest absolute Gasteiger partial charge is 0.495 e. The number of carbonyl (C=O) groups excluding carboxylic acids is 1. The molecule has 0 atom stereocenters. The number of hydrogen-bond acceptors (Lipinski definition) is 5. The number of aromatic nitrogens is 2. The molecule has 1 fully saturated rings. The van der Waals surface area contributed by atoms with Gasteiger partial charge in [-0.1, -0.05) is 30.3 Å². The van der Waals surface area contributed by atoms with E-state index in [-0.39, 0.29) is 12.1 Å². The minimum Gasteiger partial charge on any atom is -0.495 e. The molecule has 3 aromatic carbocycles. The van der Waals surface area contributed by atoms with Crippen molar-refractivity contribution in [2.24, 2.45) is 5.73 Å². The topological polar surface area (TPSA) is 102 Å². The molecule has 2 heterocycles. The molecule has 0 bridgehead atoms. The number of aliphatic hydroxyl groups excluding tert-OH is 1. The summed E-state index contributed by atoms with van der Waals surface area (Å²) in [5.74, 6) is 0.237. The highest BCUT2D eigenvalue weighted by atomic mass is 16.5. The van der Waals surface area contributed by atoms with Crippen molar-refractivity contribution in [1.29, 1.82) is 0 Å². The molecule has 1 aliphatic rings. The van der Waals surface area contributed by atoms with E-state index in [0.717, 1.165) is 70.0 Å². The number of amides is 1. The summed E-state index contributed by atoms with van der Waals surface area (Å²) in [7, 11) is 1.64. The first-order valence-corrected chi connectivity index (χ1v) is 12.9. The van der Waals surface area contributed by atoms with E-state index in [2.05, 4.69) is 45.2 Å². The Hall–Kier alpha value is -4.36. The molecule has 0 spiro atoms. The van der Waals surface area contributed by atoms with Crippen molar-refractivity contribution in [3.63, 3.8) is 0 Å². The van der Waals surface area contributed by atoms with Crippen molar-refractivity contribution in [2.75, 3.05) is 12.4 Å². The fourth-order valence-corrected chi connectivity index (χ4v) is 5.66. The van der Waals surface area contributed by atoms with Gasteiger partial charge in [-0.05, 0) is 67.6 Å². The van der Waals surface area contributed by atoms with Crippen molar-refractivity contribution in [1.82, 2.24) is 9.55 Å². The molecule has 1 saturated carbocycles. The molecule has 0 aliphatic heterocycles. The van der Waals surface area contributed by atoms with Crippen LogP contribution in [0.1, 0.15) is 36.0 Å². The van der Waals surface area contributed by atoms with E-state index in [1.807, 2.05) is 36.5 Å². The summed E-state index contributed by atoms with van der Waals surface area (Å²) in [6.07, 6.45) is 6.49. The number of ether oxygens (including phenoxy) is 1. The van der Waals surface area contributed by atoms with Gasteiger partial charge in [-0.15, -0.1) is 0 Å². The Morgan fingerprint density at radius 1 is 1.00 bits per heavy atom. The third kappa shape index (κ3) is 4.25. The minimum atomic E-state index is -0.468. The van der Waals surface area contributed by atoms with E-state index < -0.39 is 5.91 Å². The number of rotatable bonds is 6. The summed E-state index contributed by atoms with van der Waals surface area (Å²) in [6, 6.07) is 22.5. The van der Waals surface area contributed by atoms with Crippen LogP contribution in [0, 0.1) is 0 Å². The highest BCUT2D eigenvalue weighted by molar-refractivity contribution is 6.15. The quantitative estimate of drug-likeness (QED) is 0.275. The van der Waals surface area contributed by atoms with Crippen molar-refractivity contribution < 1.29 is 14.6 Å². The molecule has 0 saturated heterocycles. The molecule has 38 heavy (non-hydrogen) atoms. The summed E-state index contributed by atoms with van der Waals surface area (Å²) in [5.41, 5.74) is 12.0. The molecule has 7 nitrogen and oxygen atoms in total. The Labute approximate surface area is 220 Å². The van der Waals surface area contributed by atoms with Crippen LogP contribution in [0.3, 0.4) is 0 Å². The van der Waals surface area contributed by atoms with Crippen LogP contribution in [0.15, 0.2) is 79.1 Å². The molecule has 5 aromatic rings. The molecule has 6 rings (SSSR count). The lowest BCUT2D eigenvalue weighted by atomic mass is 9.92. The zero-order valence-electron chi connectivity index (χ0n) is 21.2. The molecule has 7 heteroatoms. The Morgan fingerprint density at radius 2 is 1.79 bits per heavy atom. The van der Waals surface area contributed by atoms with Crippen molar-refractivity contribution in [3.05, 3.63) is 84.7 Å². The van der Waals surface area contributed by atoms with Crippen LogP contribution >= 0.6 is 0 Å². The van der Waals surface area contributed by atoms with E-state index in [9.17, 15) is 9.90 Å². The maximum Gasteiger partial charge on any atom is 0.250 e. The van der Waals surface area contributed by atoms with E-state index in [4.69, 9.17) is 10.5 Å². The zero-order chi connectivity index (χ0) is 26.2. The van der Waals surface area contributed by atoms with Gasteiger partial charge in [0.25, 0.3) is 5.91 Å². The van der Waals surface area contributed by atoms with Gasteiger partial charge in [0.05, 0.1) is 36.0 Å². The summed E-state index contributed by atoms with van der Waals surface area (Å²) in [5, 5.41) is 15.7. The van der Waals surface area contributed by atoms with Crippen LogP contribution in [0.2, 0.25) is 0 Å². The molecule has 1 amide bonds. The molecule has 192 valence electrons. The zero-order valence-corrected chi connectivity index (χ0v) is 21.2. The van der Waals surface area contributed by atoms with Crippen LogP contribution in [0.4, 0.5) is 5.69 Å². The maximum atomic E-state index is 12.3. The molecular formula is C31H30N4O3. The fourth-order valence-electron chi connectivity index (χ4n) is 5.66. The number of pyridine rings is 1. The number of nitrogens with one attached hydrogen (secondary N) is 1. The predicted octanol–water partition coefficient (Wildman–Crippen LogP) is 5.67. The maximum absolute atomic E-state index is 12.3. The van der Waals surface area contributed by atoms with Crippen molar-refractivity contribution >= 4 is 33.4 Å². The number of benzene rings is 3. The summed E-state index contributed by atoms with van der Waals surface area (Å²) in [4.78, 5) is 16.7. The summed E-state index contributed by atoms with van der Waals surface area (Å²) in [6.45, 7) is 0. The number of carbonyl (C=O) groups is 1. The second kappa shape index (κ2) is 9.84. The smallest absolute Gasteiger partial charge is 0.250 e. The molecule has 2 aromatic heterocycles. The van der Waals surface area contributed by atoms with Gasteiger partial charge < -0.3 is 25.5 Å². The van der Waals surface area contributed by atoms with Gasteiger partial charge in [-0.25, -0.2) is 0 Å². The minimum absolute atomic E-state index is 0.178. The first-order valence-electron chi connectivity index (χ1n) is 12.9. The standard InChI is InChI=1S/C31H30N4O3/c1-38-23-15-19(17-33-18-23)24-6-4-8-29-30(24)26-5-2-3-7-28(26)35(29)21-11-14-25(31(32)37)27(16-21)34-20-9-12-22(36)13-10-20/h2-8,11,14-18,20,22,34,36H,9-10,12-13H2,1H3,(H2,32,37). The molecule has 0 radical (unpaired) electrons. The van der Waals surface area contributed by atoms with Gasteiger partial charge in [-0.2, -0.15) is 0 Å². The number of nitrogens with zero attached hydrogens (tertiary/aromatic N) is 2. The van der Waals surface area contributed by atoms with Crippen LogP contribution < -0.4 is 15.8 Å². The lowest BCUT2D eigenvalue weighted by Crippen LogP contribution is -2.29. The lowest BCUT2D eigenvalue weighted by Gasteiger charge is -2.28.